The second-order valence-corrected chi connectivity index (χ2v) is 7.94. The highest BCUT2D eigenvalue weighted by atomic mass is 32.1. The van der Waals surface area contributed by atoms with Crippen LogP contribution in [0, 0.1) is 0 Å². The Morgan fingerprint density at radius 2 is 1.93 bits per heavy atom. The first-order valence-corrected chi connectivity index (χ1v) is 10.7. The van der Waals surface area contributed by atoms with E-state index in [1.807, 2.05) is 48.2 Å². The van der Waals surface area contributed by atoms with Gasteiger partial charge in [-0.3, -0.25) is 4.79 Å². The fourth-order valence-corrected chi connectivity index (χ4v) is 4.57. The third kappa shape index (κ3) is 4.29. The van der Waals surface area contributed by atoms with Gasteiger partial charge in [0.1, 0.15) is 17.0 Å². The topological polar surface area (TPSA) is 54.9 Å². The Morgan fingerprint density at radius 3 is 2.69 bits per heavy atom. The number of ether oxygens (including phenoxy) is 2. The molecule has 7 heteroatoms. The maximum atomic E-state index is 12.7. The molecule has 6 nitrogen and oxygen atoms in total. The van der Waals surface area contributed by atoms with Gasteiger partial charge in [-0.05, 0) is 36.8 Å². The molecule has 0 radical (unpaired) electrons. The number of piperazine rings is 1. The van der Waals surface area contributed by atoms with Crippen molar-refractivity contribution in [2.24, 2.45) is 0 Å². The quantitative estimate of drug-likeness (QED) is 0.620. The van der Waals surface area contributed by atoms with Crippen LogP contribution in [0.2, 0.25) is 0 Å². The number of methoxy groups -OCH3 is 1. The van der Waals surface area contributed by atoms with Gasteiger partial charge in [-0.25, -0.2) is 4.98 Å². The van der Waals surface area contributed by atoms with E-state index >= 15 is 0 Å². The molecule has 1 saturated heterocycles. The summed E-state index contributed by atoms with van der Waals surface area (Å²) in [4.78, 5) is 21.7. The van der Waals surface area contributed by atoms with Crippen LogP contribution in [0.1, 0.15) is 12.5 Å². The van der Waals surface area contributed by atoms with E-state index in [4.69, 9.17) is 14.5 Å². The van der Waals surface area contributed by atoms with E-state index < -0.39 is 0 Å². The van der Waals surface area contributed by atoms with Crippen molar-refractivity contribution in [1.82, 2.24) is 9.88 Å². The number of benzene rings is 2. The average Bonchev–Trinajstić information content (AvgIpc) is 3.19. The lowest BCUT2D eigenvalue weighted by atomic mass is 10.1. The number of carbonyl (C=O) groups is 1. The van der Waals surface area contributed by atoms with Gasteiger partial charge in [0.05, 0.1) is 24.8 Å². The zero-order valence-electron chi connectivity index (χ0n) is 16.8. The molecule has 0 spiro atoms. The third-order valence-corrected chi connectivity index (χ3v) is 6.14. The molecule has 1 aliphatic heterocycles. The Balaban J connectivity index is 1.39. The van der Waals surface area contributed by atoms with E-state index in [0.717, 1.165) is 45.5 Å². The molecule has 2 aromatic carbocycles. The zero-order valence-corrected chi connectivity index (χ0v) is 17.6. The van der Waals surface area contributed by atoms with E-state index in [1.54, 1.807) is 18.4 Å². The fraction of sp³-hybridized carbons (Fsp3) is 0.364. The summed E-state index contributed by atoms with van der Waals surface area (Å²) in [6, 6.07) is 13.7. The second kappa shape index (κ2) is 8.69. The van der Waals surface area contributed by atoms with E-state index in [-0.39, 0.29) is 5.91 Å². The van der Waals surface area contributed by atoms with E-state index in [1.165, 1.54) is 0 Å². The van der Waals surface area contributed by atoms with Crippen molar-refractivity contribution >= 4 is 32.6 Å². The number of rotatable bonds is 6. The van der Waals surface area contributed by atoms with Gasteiger partial charge in [-0.15, -0.1) is 0 Å². The second-order valence-electron chi connectivity index (χ2n) is 6.93. The number of anilines is 1. The van der Waals surface area contributed by atoms with Gasteiger partial charge in [0, 0.05) is 26.2 Å². The molecular weight excluding hydrogens is 386 g/mol. The largest absolute Gasteiger partial charge is 0.497 e. The summed E-state index contributed by atoms with van der Waals surface area (Å²) >= 11 is 1.68. The lowest BCUT2D eigenvalue weighted by Gasteiger charge is -2.34. The smallest absolute Gasteiger partial charge is 0.227 e. The van der Waals surface area contributed by atoms with Crippen LogP contribution in [0.15, 0.2) is 42.5 Å². The van der Waals surface area contributed by atoms with Gasteiger partial charge in [-0.1, -0.05) is 29.5 Å². The SMILES string of the molecule is CCOc1cccc2sc(N3CCN(C(=O)Cc4cccc(OC)c4)CC3)nc12. The Labute approximate surface area is 174 Å². The highest BCUT2D eigenvalue weighted by Crippen LogP contribution is 2.34. The number of para-hydroxylation sites is 1. The lowest BCUT2D eigenvalue weighted by Crippen LogP contribution is -2.49. The van der Waals surface area contributed by atoms with Gasteiger partial charge < -0.3 is 19.3 Å². The minimum absolute atomic E-state index is 0.154. The van der Waals surface area contributed by atoms with Crippen molar-refractivity contribution in [1.29, 1.82) is 0 Å². The summed E-state index contributed by atoms with van der Waals surface area (Å²) in [5.41, 5.74) is 1.90. The van der Waals surface area contributed by atoms with Gasteiger partial charge in [-0.2, -0.15) is 0 Å². The number of aromatic nitrogens is 1. The molecular formula is C22H25N3O3S. The summed E-state index contributed by atoms with van der Waals surface area (Å²) in [6.45, 7) is 5.59. The zero-order chi connectivity index (χ0) is 20.2. The van der Waals surface area contributed by atoms with Crippen molar-refractivity contribution in [2.75, 3.05) is 44.8 Å². The molecule has 29 heavy (non-hydrogen) atoms. The summed E-state index contributed by atoms with van der Waals surface area (Å²) in [5, 5.41) is 0.993. The maximum Gasteiger partial charge on any atom is 0.227 e. The van der Waals surface area contributed by atoms with Crippen molar-refractivity contribution in [3.8, 4) is 11.5 Å². The molecule has 3 aromatic rings. The highest BCUT2D eigenvalue weighted by molar-refractivity contribution is 7.22. The molecule has 152 valence electrons. The Hall–Kier alpha value is -2.80. The molecule has 1 amide bonds. The standard InChI is InChI=1S/C22H25N3O3S/c1-3-28-18-8-5-9-19-21(18)23-22(29-19)25-12-10-24(11-13-25)20(26)15-16-6-4-7-17(14-16)27-2/h4-9,14H,3,10-13,15H2,1-2H3. The number of hydrogen-bond donors (Lipinski definition) is 0. The molecule has 2 heterocycles. The molecule has 1 fully saturated rings. The van der Waals surface area contributed by atoms with Crippen LogP contribution in [0.4, 0.5) is 5.13 Å². The number of fused-ring (bicyclic) bond motifs is 1. The predicted octanol–water partition coefficient (Wildman–Crippen LogP) is 3.59. The molecule has 1 aliphatic rings. The van der Waals surface area contributed by atoms with Gasteiger partial charge in [0.15, 0.2) is 5.13 Å². The number of nitrogens with zero attached hydrogens (tertiary/aromatic N) is 3. The molecule has 0 unspecified atom stereocenters. The molecule has 0 aliphatic carbocycles. The first-order chi connectivity index (χ1) is 14.2. The molecule has 0 atom stereocenters. The Bertz CT molecular complexity index is 996. The number of carbonyl (C=O) groups excluding carboxylic acids is 1. The van der Waals surface area contributed by atoms with Crippen molar-refractivity contribution in [3.63, 3.8) is 0 Å². The molecule has 0 saturated carbocycles. The summed E-state index contributed by atoms with van der Waals surface area (Å²) in [7, 11) is 1.64. The minimum atomic E-state index is 0.154. The number of thiazole rings is 1. The normalized spacial score (nSPS) is 14.3. The number of hydrogen-bond acceptors (Lipinski definition) is 6. The maximum absolute atomic E-state index is 12.7. The highest BCUT2D eigenvalue weighted by Gasteiger charge is 2.23. The van der Waals surface area contributed by atoms with Crippen LogP contribution >= 0.6 is 11.3 Å². The van der Waals surface area contributed by atoms with Gasteiger partial charge >= 0.3 is 0 Å². The van der Waals surface area contributed by atoms with Crippen LogP contribution in [0.3, 0.4) is 0 Å². The molecule has 0 N–H and O–H groups in total. The summed E-state index contributed by atoms with van der Waals surface area (Å²) < 4.78 is 12.1. The lowest BCUT2D eigenvalue weighted by molar-refractivity contribution is -0.130. The van der Waals surface area contributed by atoms with Crippen molar-refractivity contribution in [2.45, 2.75) is 13.3 Å². The van der Waals surface area contributed by atoms with E-state index in [0.29, 0.717) is 26.1 Å². The molecule has 4 rings (SSSR count). The summed E-state index contributed by atoms with van der Waals surface area (Å²) in [5.74, 6) is 1.77. The van der Waals surface area contributed by atoms with Crippen LogP contribution in [0.5, 0.6) is 11.5 Å². The van der Waals surface area contributed by atoms with Crippen LogP contribution < -0.4 is 14.4 Å². The molecule has 1 aromatic heterocycles. The third-order valence-electron chi connectivity index (χ3n) is 5.06. The average molecular weight is 412 g/mol. The van der Waals surface area contributed by atoms with Gasteiger partial charge in [0.2, 0.25) is 5.91 Å². The first-order valence-electron chi connectivity index (χ1n) is 9.86. The van der Waals surface area contributed by atoms with E-state index in [9.17, 15) is 4.79 Å². The van der Waals surface area contributed by atoms with Crippen LogP contribution in [0.25, 0.3) is 10.2 Å². The van der Waals surface area contributed by atoms with Gasteiger partial charge in [0.25, 0.3) is 0 Å². The Kier molecular flexibility index (Phi) is 5.85. The van der Waals surface area contributed by atoms with Crippen molar-refractivity contribution in [3.05, 3.63) is 48.0 Å². The van der Waals surface area contributed by atoms with E-state index in [2.05, 4.69) is 11.0 Å². The number of amides is 1. The summed E-state index contributed by atoms with van der Waals surface area (Å²) in [6.07, 6.45) is 0.399. The predicted molar refractivity (Wildman–Crippen MR) is 116 cm³/mol. The monoisotopic (exact) mass is 411 g/mol. The van der Waals surface area contributed by atoms with Crippen LogP contribution in [-0.4, -0.2) is 55.7 Å². The fourth-order valence-electron chi connectivity index (χ4n) is 3.53. The van der Waals surface area contributed by atoms with Crippen LogP contribution in [-0.2, 0) is 11.2 Å². The Morgan fingerprint density at radius 1 is 1.14 bits per heavy atom. The molecule has 0 bridgehead atoms. The minimum Gasteiger partial charge on any atom is -0.497 e. The first kappa shape index (κ1) is 19.5. The van der Waals surface area contributed by atoms with Crippen molar-refractivity contribution < 1.29 is 14.3 Å².